The van der Waals surface area contributed by atoms with Crippen molar-refractivity contribution in [2.24, 2.45) is 5.10 Å². The third-order valence-electron chi connectivity index (χ3n) is 3.69. The van der Waals surface area contributed by atoms with Crippen molar-refractivity contribution in [1.29, 1.82) is 0 Å². The van der Waals surface area contributed by atoms with E-state index in [0.717, 1.165) is 14.5 Å². The second-order valence-electron chi connectivity index (χ2n) is 5.75. The first kappa shape index (κ1) is 20.6. The number of hydrogen-bond donors (Lipinski definition) is 1. The molecule has 0 aliphatic rings. The Balaban J connectivity index is 1.69. The maximum Gasteiger partial charge on any atom is 0.276 e. The average Bonchev–Trinajstić information content (AvgIpc) is 2.69. The Bertz CT molecular complexity index is 1050. The minimum Gasteiger partial charge on any atom is -0.487 e. The van der Waals surface area contributed by atoms with E-state index in [9.17, 15) is 8.42 Å². The molecule has 0 aliphatic heterocycles. The number of hydrazone groups is 1. The van der Waals surface area contributed by atoms with Crippen molar-refractivity contribution in [1.82, 2.24) is 4.83 Å². The van der Waals surface area contributed by atoms with E-state index in [4.69, 9.17) is 4.74 Å². The van der Waals surface area contributed by atoms with Gasteiger partial charge in [-0.3, -0.25) is 0 Å². The molecule has 0 unspecified atom stereocenters. The van der Waals surface area contributed by atoms with Crippen molar-refractivity contribution in [3.05, 3.63) is 92.9 Å². The van der Waals surface area contributed by atoms with Crippen LogP contribution < -0.4 is 9.57 Å². The van der Waals surface area contributed by atoms with Gasteiger partial charge in [0.25, 0.3) is 10.0 Å². The second kappa shape index (κ2) is 9.36. The molecule has 0 atom stereocenters. The van der Waals surface area contributed by atoms with Crippen LogP contribution in [0.2, 0.25) is 0 Å². The fraction of sp³-hybridized carbons (Fsp3) is 0.0500. The zero-order valence-electron chi connectivity index (χ0n) is 14.5. The monoisotopic (exact) mass is 522 g/mol. The van der Waals surface area contributed by atoms with E-state index in [2.05, 4.69) is 41.8 Å². The topological polar surface area (TPSA) is 67.8 Å². The molecule has 0 saturated heterocycles. The Hall–Kier alpha value is -2.16. The third-order valence-corrected chi connectivity index (χ3v) is 6.10. The van der Waals surface area contributed by atoms with E-state index in [1.54, 1.807) is 30.3 Å². The third kappa shape index (κ3) is 5.43. The lowest BCUT2D eigenvalue weighted by atomic mass is 10.2. The standard InChI is InChI=1S/C20H16Br2N2O3S/c21-18-11-16(13-23-24-28(25,26)17-9-5-2-6-10-17)12-19(22)20(18)27-14-15-7-3-1-4-8-15/h1-13,24H,14H2/b23-13-. The molecule has 0 amide bonds. The van der Waals surface area contributed by atoms with Crippen molar-refractivity contribution in [2.75, 3.05) is 0 Å². The van der Waals surface area contributed by atoms with Gasteiger partial charge in [0.05, 0.1) is 20.1 Å². The molecule has 0 fully saturated rings. The highest BCUT2D eigenvalue weighted by Gasteiger charge is 2.12. The number of hydrogen-bond acceptors (Lipinski definition) is 4. The molecule has 0 spiro atoms. The van der Waals surface area contributed by atoms with Crippen LogP contribution in [-0.2, 0) is 16.6 Å². The Labute approximate surface area is 180 Å². The van der Waals surface area contributed by atoms with Crippen molar-refractivity contribution < 1.29 is 13.2 Å². The van der Waals surface area contributed by atoms with E-state index in [1.165, 1.54) is 18.3 Å². The summed E-state index contributed by atoms with van der Waals surface area (Å²) >= 11 is 6.97. The summed E-state index contributed by atoms with van der Waals surface area (Å²) in [6.07, 6.45) is 1.43. The highest BCUT2D eigenvalue weighted by atomic mass is 79.9. The zero-order valence-corrected chi connectivity index (χ0v) is 18.5. The van der Waals surface area contributed by atoms with E-state index in [0.29, 0.717) is 17.9 Å². The molecule has 5 nitrogen and oxygen atoms in total. The molecule has 0 aromatic heterocycles. The van der Waals surface area contributed by atoms with Crippen LogP contribution in [0, 0.1) is 0 Å². The van der Waals surface area contributed by atoms with Gasteiger partial charge in [0.15, 0.2) is 0 Å². The molecule has 8 heteroatoms. The quantitative estimate of drug-likeness (QED) is 0.346. The minimum absolute atomic E-state index is 0.152. The van der Waals surface area contributed by atoms with Crippen molar-refractivity contribution in [3.8, 4) is 5.75 Å². The van der Waals surface area contributed by atoms with Gasteiger partial charge in [-0.25, -0.2) is 4.83 Å². The van der Waals surface area contributed by atoms with Crippen molar-refractivity contribution in [2.45, 2.75) is 11.5 Å². The fourth-order valence-electron chi connectivity index (χ4n) is 2.34. The summed E-state index contributed by atoms with van der Waals surface area (Å²) in [4.78, 5) is 2.36. The number of nitrogens with zero attached hydrogens (tertiary/aromatic N) is 1. The molecular formula is C20H16Br2N2O3S. The summed E-state index contributed by atoms with van der Waals surface area (Å²) in [5, 5.41) is 3.85. The first-order valence-corrected chi connectivity index (χ1v) is 11.3. The summed E-state index contributed by atoms with van der Waals surface area (Å²) in [5.41, 5.74) is 1.75. The Morgan fingerprint density at radius 2 is 1.50 bits per heavy atom. The first-order valence-electron chi connectivity index (χ1n) is 8.21. The summed E-state index contributed by atoms with van der Waals surface area (Å²) in [6, 6.07) is 21.5. The van der Waals surface area contributed by atoms with Gasteiger partial charge >= 0.3 is 0 Å². The summed E-state index contributed by atoms with van der Waals surface area (Å²) in [7, 11) is -3.69. The van der Waals surface area contributed by atoms with E-state index in [1.807, 2.05) is 30.3 Å². The van der Waals surface area contributed by atoms with Crippen LogP contribution in [0.1, 0.15) is 11.1 Å². The molecule has 3 aromatic carbocycles. The summed E-state index contributed by atoms with van der Waals surface area (Å²) < 4.78 is 31.7. The first-order chi connectivity index (χ1) is 13.5. The van der Waals surface area contributed by atoms with Gasteiger partial charge in [0.1, 0.15) is 12.4 Å². The lowest BCUT2D eigenvalue weighted by Gasteiger charge is -2.11. The molecule has 0 heterocycles. The van der Waals surface area contributed by atoms with Crippen LogP contribution in [0.3, 0.4) is 0 Å². The summed E-state index contributed by atoms with van der Waals surface area (Å²) in [5.74, 6) is 0.658. The van der Waals surface area contributed by atoms with E-state index >= 15 is 0 Å². The number of halogens is 2. The van der Waals surface area contributed by atoms with Gasteiger partial charge in [-0.1, -0.05) is 48.5 Å². The average molecular weight is 524 g/mol. The predicted octanol–water partition coefficient (Wildman–Crippen LogP) is 5.10. The molecule has 28 heavy (non-hydrogen) atoms. The van der Waals surface area contributed by atoms with E-state index < -0.39 is 10.0 Å². The maximum absolute atomic E-state index is 12.2. The normalized spacial score (nSPS) is 11.5. The van der Waals surface area contributed by atoms with Gasteiger partial charge in [0.2, 0.25) is 0 Å². The largest absolute Gasteiger partial charge is 0.487 e. The van der Waals surface area contributed by atoms with Crippen LogP contribution in [0.25, 0.3) is 0 Å². The number of benzene rings is 3. The molecular weight excluding hydrogens is 508 g/mol. The van der Waals surface area contributed by atoms with Gasteiger partial charge < -0.3 is 4.74 Å². The highest BCUT2D eigenvalue weighted by Crippen LogP contribution is 2.35. The smallest absolute Gasteiger partial charge is 0.276 e. The molecule has 1 N–H and O–H groups in total. The van der Waals surface area contributed by atoms with Gasteiger partial charge in [-0.15, -0.1) is 0 Å². The lowest BCUT2D eigenvalue weighted by Crippen LogP contribution is -2.18. The maximum atomic E-state index is 12.2. The van der Waals surface area contributed by atoms with Crippen molar-refractivity contribution >= 4 is 48.1 Å². The number of ether oxygens (including phenoxy) is 1. The Morgan fingerprint density at radius 1 is 0.929 bits per heavy atom. The molecule has 0 aliphatic carbocycles. The highest BCUT2D eigenvalue weighted by molar-refractivity contribution is 9.11. The number of rotatable bonds is 7. The molecule has 0 bridgehead atoms. The van der Waals surface area contributed by atoms with Gasteiger partial charge in [-0.05, 0) is 67.3 Å². The number of nitrogens with one attached hydrogen (secondary N) is 1. The van der Waals surface area contributed by atoms with Crippen LogP contribution in [0.5, 0.6) is 5.75 Å². The molecule has 3 aromatic rings. The minimum atomic E-state index is -3.69. The lowest BCUT2D eigenvalue weighted by molar-refractivity contribution is 0.302. The SMILES string of the molecule is O=S(=O)(N/N=C\c1cc(Br)c(OCc2ccccc2)c(Br)c1)c1ccccc1. The van der Waals surface area contributed by atoms with Gasteiger partial charge in [-0.2, -0.15) is 13.5 Å². The van der Waals surface area contributed by atoms with E-state index in [-0.39, 0.29) is 4.90 Å². The van der Waals surface area contributed by atoms with Crippen LogP contribution >= 0.6 is 31.9 Å². The van der Waals surface area contributed by atoms with Crippen LogP contribution in [0.15, 0.2) is 91.7 Å². The molecule has 3 rings (SSSR count). The molecule has 0 radical (unpaired) electrons. The fourth-order valence-corrected chi connectivity index (χ4v) is 4.61. The van der Waals surface area contributed by atoms with Crippen LogP contribution in [-0.4, -0.2) is 14.6 Å². The van der Waals surface area contributed by atoms with Crippen molar-refractivity contribution in [3.63, 3.8) is 0 Å². The predicted molar refractivity (Wildman–Crippen MR) is 117 cm³/mol. The van der Waals surface area contributed by atoms with Gasteiger partial charge in [0, 0.05) is 0 Å². The zero-order chi connectivity index (χ0) is 20.0. The summed E-state index contributed by atoms with van der Waals surface area (Å²) in [6.45, 7) is 0.433. The number of sulfonamides is 1. The molecule has 144 valence electrons. The van der Waals surface area contributed by atoms with Crippen LogP contribution in [0.4, 0.5) is 0 Å². The second-order valence-corrected chi connectivity index (χ2v) is 9.12. The Morgan fingerprint density at radius 3 is 2.11 bits per heavy atom. The molecule has 0 saturated carbocycles. The Kier molecular flexibility index (Phi) is 6.88.